The van der Waals surface area contributed by atoms with Gasteiger partial charge in [0.15, 0.2) is 0 Å². The van der Waals surface area contributed by atoms with Crippen molar-refractivity contribution in [2.24, 2.45) is 35.0 Å². The third-order valence-corrected chi connectivity index (χ3v) is 10.1. The highest BCUT2D eigenvalue weighted by Gasteiger charge is 2.77. The zero-order valence-electron chi connectivity index (χ0n) is 21.9. The highest BCUT2D eigenvalue weighted by molar-refractivity contribution is 6.40. The Bertz CT molecular complexity index is 1540. The Kier molecular flexibility index (Phi) is 6.58. The highest BCUT2D eigenvalue weighted by Crippen LogP contribution is 2.69. The molecule has 212 valence electrons. The van der Waals surface area contributed by atoms with E-state index < -0.39 is 64.6 Å². The van der Waals surface area contributed by atoms with E-state index >= 15 is 0 Å². The van der Waals surface area contributed by atoms with Crippen LogP contribution >= 0.6 is 46.4 Å². The number of hydrogen-bond acceptors (Lipinski definition) is 6. The monoisotopic (exact) mass is 634 g/mol. The molecule has 2 saturated heterocycles. The molecule has 4 atom stereocenters. The van der Waals surface area contributed by atoms with Gasteiger partial charge in [0.1, 0.15) is 0 Å². The van der Waals surface area contributed by atoms with Crippen molar-refractivity contribution >= 4 is 87.4 Å². The summed E-state index contributed by atoms with van der Waals surface area (Å²) in [6.07, 6.45) is 0. The minimum Gasteiger partial charge on any atom is -0.463 e. The van der Waals surface area contributed by atoms with E-state index in [1.807, 2.05) is 0 Å². The molecular formula is C29H22Cl4N2O6. The van der Waals surface area contributed by atoms with Crippen LogP contribution in [0.1, 0.15) is 20.8 Å². The average Bonchev–Trinajstić information content (AvgIpc) is 3.31. The van der Waals surface area contributed by atoms with Crippen LogP contribution in [0, 0.1) is 35.0 Å². The lowest BCUT2D eigenvalue weighted by molar-refractivity contribution is -0.155. The van der Waals surface area contributed by atoms with E-state index in [9.17, 15) is 24.0 Å². The lowest BCUT2D eigenvalue weighted by Crippen LogP contribution is -2.61. The van der Waals surface area contributed by atoms with Crippen molar-refractivity contribution in [3.63, 3.8) is 0 Å². The minimum absolute atomic E-state index is 0.0529. The number of hydrogen-bond donors (Lipinski definition) is 0. The van der Waals surface area contributed by atoms with Crippen molar-refractivity contribution in [1.29, 1.82) is 0 Å². The van der Waals surface area contributed by atoms with E-state index in [4.69, 9.17) is 51.1 Å². The molecule has 2 heterocycles. The Morgan fingerprint density at radius 1 is 0.780 bits per heavy atom. The summed E-state index contributed by atoms with van der Waals surface area (Å²) < 4.78 is 5.39. The van der Waals surface area contributed by atoms with Crippen LogP contribution in [0.4, 0.5) is 11.4 Å². The molecule has 2 bridgehead atoms. The first-order chi connectivity index (χ1) is 19.4. The van der Waals surface area contributed by atoms with Gasteiger partial charge in [-0.25, -0.2) is 14.6 Å². The van der Waals surface area contributed by atoms with Gasteiger partial charge in [-0.1, -0.05) is 58.9 Å². The molecule has 4 amide bonds. The number of anilines is 2. The Balaban J connectivity index is 1.55. The number of nitrogens with zero attached hydrogens (tertiary/aromatic N) is 2. The summed E-state index contributed by atoms with van der Waals surface area (Å²) in [4.78, 5) is 72.1. The quantitative estimate of drug-likeness (QED) is 0.314. The Hall–Kier alpha value is -2.91. The number of imide groups is 2. The van der Waals surface area contributed by atoms with Crippen LogP contribution < -0.4 is 9.80 Å². The van der Waals surface area contributed by atoms with E-state index in [1.54, 1.807) is 20.8 Å². The first-order valence-electron chi connectivity index (χ1n) is 12.9. The fourth-order valence-corrected chi connectivity index (χ4v) is 8.60. The van der Waals surface area contributed by atoms with Crippen LogP contribution in [0.15, 0.2) is 47.5 Å². The predicted octanol–water partition coefficient (Wildman–Crippen LogP) is 5.74. The number of benzene rings is 2. The van der Waals surface area contributed by atoms with E-state index in [1.165, 1.54) is 36.4 Å². The van der Waals surface area contributed by atoms with E-state index in [0.29, 0.717) is 15.6 Å². The van der Waals surface area contributed by atoms with Crippen LogP contribution in [0.5, 0.6) is 0 Å². The largest absolute Gasteiger partial charge is 0.463 e. The maximum absolute atomic E-state index is 14.2. The molecule has 5 aliphatic rings. The summed E-state index contributed by atoms with van der Waals surface area (Å²) in [7, 11) is 0. The van der Waals surface area contributed by atoms with Crippen LogP contribution in [0.25, 0.3) is 0 Å². The van der Waals surface area contributed by atoms with Gasteiger partial charge in [0.05, 0.1) is 51.7 Å². The Morgan fingerprint density at radius 2 is 1.22 bits per heavy atom. The molecule has 0 radical (unpaired) electrons. The lowest BCUT2D eigenvalue weighted by Gasteiger charge is -2.55. The second-order valence-electron chi connectivity index (χ2n) is 10.8. The number of carbonyl (C=O) groups is 5. The van der Waals surface area contributed by atoms with E-state index in [-0.39, 0.29) is 33.6 Å². The summed E-state index contributed by atoms with van der Waals surface area (Å²) >= 11 is 24.9. The van der Waals surface area contributed by atoms with Crippen LogP contribution in [0.3, 0.4) is 0 Å². The molecule has 2 aliphatic heterocycles. The second kappa shape index (κ2) is 9.56. The second-order valence-corrected chi connectivity index (χ2v) is 12.5. The van der Waals surface area contributed by atoms with E-state index in [0.717, 1.165) is 9.80 Å². The standard InChI is InChI=1S/C29H22Cl4N2O6/c1-4-41-28(40)21-11(2)18-19-22(26(38)34(24(19)36)16-7-5-12(30)9-14(16)32)29(21,3)23-20(18)25(37)35(27(23)39)17-8-6-13(31)10-15(17)33/h5-10,18-20,22-23H,4H2,1-3H3. The van der Waals surface area contributed by atoms with E-state index in [2.05, 4.69) is 0 Å². The first kappa shape index (κ1) is 28.2. The summed E-state index contributed by atoms with van der Waals surface area (Å²) in [6.45, 7) is 4.96. The molecule has 3 aliphatic carbocycles. The summed E-state index contributed by atoms with van der Waals surface area (Å²) in [5, 5.41) is 0.801. The first-order valence-corrected chi connectivity index (χ1v) is 14.4. The fourth-order valence-electron chi connectivity index (χ4n) is 7.61. The maximum atomic E-state index is 14.2. The van der Waals surface area contributed by atoms with Crippen LogP contribution in [-0.2, 0) is 28.7 Å². The Labute approximate surface area is 255 Å². The average molecular weight is 636 g/mol. The number of halogens is 4. The molecular weight excluding hydrogens is 614 g/mol. The van der Waals surface area contributed by atoms with Gasteiger partial charge in [-0.15, -0.1) is 0 Å². The number of allylic oxidation sites excluding steroid dienone is 1. The lowest BCUT2D eigenvalue weighted by atomic mass is 9.43. The van der Waals surface area contributed by atoms with Gasteiger partial charge in [-0.2, -0.15) is 0 Å². The third-order valence-electron chi connectivity index (χ3n) is 8.98. The molecule has 4 unspecified atom stereocenters. The molecule has 0 N–H and O–H groups in total. The summed E-state index contributed by atoms with van der Waals surface area (Å²) in [5.41, 5.74) is -0.695. The molecule has 1 saturated carbocycles. The summed E-state index contributed by atoms with van der Waals surface area (Å²) in [6, 6.07) is 8.78. The number of ether oxygens (including phenoxy) is 1. The van der Waals surface area contributed by atoms with Crippen molar-refractivity contribution < 1.29 is 28.7 Å². The van der Waals surface area contributed by atoms with Crippen molar-refractivity contribution in [1.82, 2.24) is 0 Å². The van der Waals surface area contributed by atoms with Gasteiger partial charge >= 0.3 is 5.97 Å². The smallest absolute Gasteiger partial charge is 0.334 e. The number of rotatable bonds is 4. The molecule has 2 aromatic rings. The number of amides is 4. The maximum Gasteiger partial charge on any atom is 0.334 e. The van der Waals surface area contributed by atoms with Gasteiger partial charge in [0.25, 0.3) is 0 Å². The normalized spacial score (nSPS) is 30.4. The molecule has 12 heteroatoms. The molecule has 8 nitrogen and oxygen atoms in total. The van der Waals surface area contributed by atoms with Gasteiger partial charge in [0.2, 0.25) is 23.6 Å². The zero-order valence-corrected chi connectivity index (χ0v) is 24.9. The van der Waals surface area contributed by atoms with Gasteiger partial charge in [-0.05, 0) is 50.2 Å². The molecule has 0 aromatic heterocycles. The van der Waals surface area contributed by atoms with Crippen molar-refractivity contribution in [2.45, 2.75) is 20.8 Å². The Morgan fingerprint density at radius 3 is 1.61 bits per heavy atom. The number of carbonyl (C=O) groups excluding carboxylic acids is 5. The van der Waals surface area contributed by atoms with Crippen molar-refractivity contribution in [2.75, 3.05) is 16.4 Å². The number of esters is 1. The van der Waals surface area contributed by atoms with Crippen LogP contribution in [0.2, 0.25) is 20.1 Å². The van der Waals surface area contributed by atoms with Crippen molar-refractivity contribution in [3.05, 3.63) is 67.6 Å². The third kappa shape index (κ3) is 3.63. The van der Waals surface area contributed by atoms with Crippen LogP contribution in [-0.4, -0.2) is 36.2 Å². The fraction of sp³-hybridized carbons (Fsp3) is 0.345. The highest BCUT2D eigenvalue weighted by atomic mass is 35.5. The van der Waals surface area contributed by atoms with Gasteiger partial charge < -0.3 is 4.74 Å². The summed E-state index contributed by atoms with van der Waals surface area (Å²) in [5.74, 6) is -8.28. The molecule has 7 rings (SSSR count). The molecule has 3 fully saturated rings. The molecule has 41 heavy (non-hydrogen) atoms. The minimum atomic E-state index is -1.55. The molecule has 2 aromatic carbocycles. The van der Waals surface area contributed by atoms with Gasteiger partial charge in [0, 0.05) is 27.0 Å². The topological polar surface area (TPSA) is 101 Å². The molecule has 0 spiro atoms. The van der Waals surface area contributed by atoms with Crippen molar-refractivity contribution in [3.8, 4) is 0 Å². The predicted molar refractivity (Wildman–Crippen MR) is 153 cm³/mol. The zero-order chi connectivity index (χ0) is 29.7. The van der Waals surface area contributed by atoms with Gasteiger partial charge in [-0.3, -0.25) is 19.2 Å². The SMILES string of the molecule is CCOC(=O)C1=C(C)C2C3C(=O)N(c4ccc(Cl)cc4Cl)C(=O)C3C1(C)C1C(=O)N(c3ccc(Cl)cc3Cl)C(=O)C21.